The minimum Gasteiger partial charge on any atom is -0.475 e. The molecule has 0 saturated carbocycles. The Morgan fingerprint density at radius 2 is 1.75 bits per heavy atom. The highest BCUT2D eigenvalue weighted by Crippen LogP contribution is 2.29. The molecule has 0 spiro atoms. The van der Waals surface area contributed by atoms with Crippen molar-refractivity contribution in [3.05, 3.63) is 64.6 Å². The van der Waals surface area contributed by atoms with Crippen molar-refractivity contribution in [1.82, 2.24) is 10.6 Å². The Kier molecular flexibility index (Phi) is 9.45. The van der Waals surface area contributed by atoms with Gasteiger partial charge in [0.05, 0.1) is 4.47 Å². The summed E-state index contributed by atoms with van der Waals surface area (Å²) in [6.45, 7) is 4.21. The van der Waals surface area contributed by atoms with Crippen molar-refractivity contribution in [3.8, 4) is 5.75 Å². The third-order valence-corrected chi connectivity index (χ3v) is 3.93. The topological polar surface area (TPSA) is 50.4 Å². The monoisotopic (exact) mass is 412 g/mol. The molecule has 1 atom stereocenters. The standard InChI is InChI=1S/C18H21BrN2O2.ClH/c1-2-20-12-13-21-18(22)17(14-8-4-3-5-9-14)23-16-11-7-6-10-15(16)19;/h3-11,17,20H,2,12-13H2,1H3,(H,21,22);1H. The Labute approximate surface area is 157 Å². The third-order valence-electron chi connectivity index (χ3n) is 3.27. The van der Waals surface area contributed by atoms with Crippen molar-refractivity contribution in [2.45, 2.75) is 13.0 Å². The molecular formula is C18H22BrClN2O2. The summed E-state index contributed by atoms with van der Waals surface area (Å²) in [6.07, 6.45) is -0.684. The lowest BCUT2D eigenvalue weighted by atomic mass is 10.1. The van der Waals surface area contributed by atoms with Gasteiger partial charge >= 0.3 is 0 Å². The first-order valence-electron chi connectivity index (χ1n) is 7.67. The van der Waals surface area contributed by atoms with Gasteiger partial charge in [-0.2, -0.15) is 0 Å². The highest BCUT2D eigenvalue weighted by Gasteiger charge is 2.22. The van der Waals surface area contributed by atoms with Crippen LogP contribution in [0.1, 0.15) is 18.6 Å². The van der Waals surface area contributed by atoms with Crippen molar-refractivity contribution in [2.24, 2.45) is 0 Å². The van der Waals surface area contributed by atoms with Crippen LogP contribution in [0.5, 0.6) is 5.75 Å². The second-order valence-electron chi connectivity index (χ2n) is 4.98. The molecule has 0 bridgehead atoms. The van der Waals surface area contributed by atoms with Crippen LogP contribution in [-0.2, 0) is 4.79 Å². The Hall–Kier alpha value is -1.56. The number of carbonyl (C=O) groups excluding carboxylic acids is 1. The Morgan fingerprint density at radius 1 is 1.08 bits per heavy atom. The largest absolute Gasteiger partial charge is 0.475 e. The van der Waals surface area contributed by atoms with E-state index in [0.29, 0.717) is 12.3 Å². The van der Waals surface area contributed by atoms with Gasteiger partial charge in [0.1, 0.15) is 5.75 Å². The lowest BCUT2D eigenvalue weighted by Crippen LogP contribution is -2.36. The van der Waals surface area contributed by atoms with Crippen LogP contribution >= 0.6 is 28.3 Å². The van der Waals surface area contributed by atoms with E-state index in [-0.39, 0.29) is 18.3 Å². The Morgan fingerprint density at radius 3 is 2.42 bits per heavy atom. The molecule has 6 heteroatoms. The van der Waals surface area contributed by atoms with Gasteiger partial charge in [0.25, 0.3) is 5.91 Å². The molecule has 2 aromatic carbocycles. The van der Waals surface area contributed by atoms with Crippen LogP contribution in [0.15, 0.2) is 59.1 Å². The van der Waals surface area contributed by atoms with Crippen molar-refractivity contribution >= 4 is 34.2 Å². The van der Waals surface area contributed by atoms with Crippen LogP contribution in [-0.4, -0.2) is 25.5 Å². The zero-order valence-corrected chi connectivity index (χ0v) is 15.9. The van der Waals surface area contributed by atoms with E-state index < -0.39 is 6.10 Å². The van der Waals surface area contributed by atoms with Crippen molar-refractivity contribution < 1.29 is 9.53 Å². The first kappa shape index (κ1) is 20.5. The van der Waals surface area contributed by atoms with Crippen LogP contribution in [0.2, 0.25) is 0 Å². The molecule has 0 aliphatic carbocycles. The Bertz CT molecular complexity index is 625. The second-order valence-corrected chi connectivity index (χ2v) is 5.84. The molecule has 0 aromatic heterocycles. The van der Waals surface area contributed by atoms with Crippen LogP contribution < -0.4 is 15.4 Å². The summed E-state index contributed by atoms with van der Waals surface area (Å²) in [5.74, 6) is 0.494. The van der Waals surface area contributed by atoms with Gasteiger partial charge in [-0.05, 0) is 34.6 Å². The fourth-order valence-electron chi connectivity index (χ4n) is 2.11. The summed E-state index contributed by atoms with van der Waals surface area (Å²) in [4.78, 5) is 12.5. The quantitative estimate of drug-likeness (QED) is 0.649. The number of carbonyl (C=O) groups is 1. The molecule has 2 N–H and O–H groups in total. The number of likely N-dealkylation sites (N-methyl/N-ethyl adjacent to an activating group) is 1. The zero-order chi connectivity index (χ0) is 16.5. The van der Waals surface area contributed by atoms with E-state index in [1.807, 2.05) is 61.5 Å². The van der Waals surface area contributed by atoms with Crippen molar-refractivity contribution in [3.63, 3.8) is 0 Å². The predicted octanol–water partition coefficient (Wildman–Crippen LogP) is 3.72. The summed E-state index contributed by atoms with van der Waals surface area (Å²) in [5, 5.41) is 6.09. The van der Waals surface area contributed by atoms with Crippen LogP contribution in [0.3, 0.4) is 0 Å². The number of nitrogens with one attached hydrogen (secondary N) is 2. The number of benzene rings is 2. The molecule has 0 saturated heterocycles. The van der Waals surface area contributed by atoms with Gasteiger partial charge < -0.3 is 15.4 Å². The summed E-state index contributed by atoms with van der Waals surface area (Å²) in [5.41, 5.74) is 0.823. The Balaban J connectivity index is 0.00000288. The number of hydrogen-bond acceptors (Lipinski definition) is 3. The van der Waals surface area contributed by atoms with E-state index in [1.165, 1.54) is 0 Å². The summed E-state index contributed by atoms with van der Waals surface area (Å²) >= 11 is 3.45. The molecule has 0 heterocycles. The fraction of sp³-hybridized carbons (Fsp3) is 0.278. The number of ether oxygens (including phenoxy) is 1. The number of halogens is 2. The molecule has 2 rings (SSSR count). The number of hydrogen-bond donors (Lipinski definition) is 2. The molecule has 4 nitrogen and oxygen atoms in total. The summed E-state index contributed by atoms with van der Waals surface area (Å²) in [7, 11) is 0. The number of rotatable bonds is 8. The number of amides is 1. The van der Waals surface area contributed by atoms with Gasteiger partial charge in [0.2, 0.25) is 6.10 Å². The van der Waals surface area contributed by atoms with Crippen LogP contribution in [0.25, 0.3) is 0 Å². The first-order valence-corrected chi connectivity index (χ1v) is 8.46. The van der Waals surface area contributed by atoms with Gasteiger partial charge in [-0.3, -0.25) is 4.79 Å². The maximum absolute atomic E-state index is 12.5. The van der Waals surface area contributed by atoms with Crippen molar-refractivity contribution in [1.29, 1.82) is 0 Å². The molecule has 0 aliphatic heterocycles. The SMILES string of the molecule is CCNCCNC(=O)C(Oc1ccccc1Br)c1ccccc1.Cl. The van der Waals surface area contributed by atoms with Crippen LogP contribution in [0, 0.1) is 0 Å². The molecule has 24 heavy (non-hydrogen) atoms. The molecular weight excluding hydrogens is 392 g/mol. The lowest BCUT2D eigenvalue weighted by molar-refractivity contribution is -0.128. The number of para-hydroxylation sites is 1. The van der Waals surface area contributed by atoms with Gasteiger partial charge in [0, 0.05) is 18.7 Å². The summed E-state index contributed by atoms with van der Waals surface area (Å²) < 4.78 is 6.79. The smallest absolute Gasteiger partial charge is 0.265 e. The average Bonchev–Trinajstić information content (AvgIpc) is 2.58. The van der Waals surface area contributed by atoms with Crippen molar-refractivity contribution in [2.75, 3.05) is 19.6 Å². The van der Waals surface area contributed by atoms with E-state index in [1.54, 1.807) is 0 Å². The summed E-state index contributed by atoms with van der Waals surface area (Å²) in [6, 6.07) is 17.0. The minimum absolute atomic E-state index is 0. The maximum atomic E-state index is 12.5. The third kappa shape index (κ3) is 6.15. The molecule has 0 aliphatic rings. The maximum Gasteiger partial charge on any atom is 0.265 e. The van der Waals surface area contributed by atoms with E-state index in [2.05, 4.69) is 26.6 Å². The van der Waals surface area contributed by atoms with Gasteiger partial charge in [-0.25, -0.2) is 0 Å². The molecule has 0 fully saturated rings. The lowest BCUT2D eigenvalue weighted by Gasteiger charge is -2.20. The zero-order valence-electron chi connectivity index (χ0n) is 13.5. The second kappa shape index (κ2) is 11.1. The fourth-order valence-corrected chi connectivity index (χ4v) is 2.49. The van der Waals surface area contributed by atoms with E-state index in [4.69, 9.17) is 4.74 Å². The average molecular weight is 414 g/mol. The molecule has 130 valence electrons. The van der Waals surface area contributed by atoms with E-state index in [9.17, 15) is 4.79 Å². The van der Waals surface area contributed by atoms with Gasteiger partial charge in [-0.15, -0.1) is 12.4 Å². The molecule has 1 amide bonds. The molecule has 0 radical (unpaired) electrons. The van der Waals surface area contributed by atoms with E-state index >= 15 is 0 Å². The predicted molar refractivity (Wildman–Crippen MR) is 103 cm³/mol. The minimum atomic E-state index is -0.684. The van der Waals surface area contributed by atoms with Gasteiger partial charge in [0.15, 0.2) is 0 Å². The van der Waals surface area contributed by atoms with E-state index in [0.717, 1.165) is 23.1 Å². The molecule has 2 aromatic rings. The normalized spacial score (nSPS) is 11.2. The highest BCUT2D eigenvalue weighted by atomic mass is 79.9. The first-order chi connectivity index (χ1) is 11.2. The van der Waals surface area contributed by atoms with Crippen LogP contribution in [0.4, 0.5) is 0 Å². The molecule has 1 unspecified atom stereocenters. The highest BCUT2D eigenvalue weighted by molar-refractivity contribution is 9.10. The van der Waals surface area contributed by atoms with Gasteiger partial charge in [-0.1, -0.05) is 49.4 Å².